The lowest BCUT2D eigenvalue weighted by Gasteiger charge is -2.17. The van der Waals surface area contributed by atoms with Crippen LogP contribution in [-0.4, -0.2) is 9.97 Å². The van der Waals surface area contributed by atoms with Gasteiger partial charge in [0, 0.05) is 6.20 Å². The van der Waals surface area contributed by atoms with E-state index in [1.165, 1.54) is 11.1 Å². The first kappa shape index (κ1) is 15.4. The minimum atomic E-state index is -0.0167. The number of pyridine rings is 1. The Morgan fingerprint density at radius 3 is 2.52 bits per heavy atom. The third-order valence-electron chi connectivity index (χ3n) is 4.20. The summed E-state index contributed by atoms with van der Waals surface area (Å²) in [6.45, 7) is 2.09. The minimum absolute atomic E-state index is 0.0167. The molecule has 0 fully saturated rings. The third kappa shape index (κ3) is 3.53. The lowest BCUT2D eigenvalue weighted by atomic mass is 10.0. The van der Waals surface area contributed by atoms with Crippen molar-refractivity contribution in [2.45, 2.75) is 19.4 Å². The second kappa shape index (κ2) is 6.77. The van der Waals surface area contributed by atoms with Gasteiger partial charge in [0.1, 0.15) is 5.52 Å². The molecule has 0 saturated carbocycles. The van der Waals surface area contributed by atoms with Crippen LogP contribution in [-0.2, 0) is 6.42 Å². The van der Waals surface area contributed by atoms with Crippen molar-refractivity contribution >= 4 is 17.1 Å². The van der Waals surface area contributed by atoms with Gasteiger partial charge in [0.25, 0.3) is 6.01 Å². The number of nitrogens with one attached hydrogen (secondary N) is 1. The van der Waals surface area contributed by atoms with Crippen LogP contribution in [0.2, 0.25) is 0 Å². The van der Waals surface area contributed by atoms with Crippen LogP contribution in [0.15, 0.2) is 77.3 Å². The molecule has 0 saturated heterocycles. The van der Waals surface area contributed by atoms with Crippen LogP contribution in [0.1, 0.15) is 22.9 Å². The van der Waals surface area contributed by atoms with E-state index in [1.807, 2.05) is 48.7 Å². The van der Waals surface area contributed by atoms with E-state index in [0.29, 0.717) is 6.01 Å². The van der Waals surface area contributed by atoms with E-state index in [0.717, 1.165) is 23.2 Å². The van der Waals surface area contributed by atoms with Crippen LogP contribution >= 0.6 is 0 Å². The van der Waals surface area contributed by atoms with E-state index >= 15 is 0 Å². The number of oxazole rings is 1. The molecule has 0 spiro atoms. The highest BCUT2D eigenvalue weighted by Gasteiger charge is 2.16. The zero-order valence-electron chi connectivity index (χ0n) is 14.0. The van der Waals surface area contributed by atoms with Crippen LogP contribution < -0.4 is 5.32 Å². The van der Waals surface area contributed by atoms with Gasteiger partial charge in [0.05, 0.1) is 11.7 Å². The zero-order chi connectivity index (χ0) is 17.1. The summed E-state index contributed by atoms with van der Waals surface area (Å²) in [5, 5.41) is 3.41. The monoisotopic (exact) mass is 329 g/mol. The number of rotatable bonds is 5. The van der Waals surface area contributed by atoms with Crippen LogP contribution in [0.4, 0.5) is 6.01 Å². The Kier molecular flexibility index (Phi) is 4.17. The van der Waals surface area contributed by atoms with Gasteiger partial charge >= 0.3 is 0 Å². The number of anilines is 1. The molecule has 2 aromatic heterocycles. The summed E-state index contributed by atoms with van der Waals surface area (Å²) in [6.07, 6.45) is 2.61. The van der Waals surface area contributed by atoms with Crippen LogP contribution in [0.5, 0.6) is 0 Å². The molecule has 0 bridgehead atoms. The molecule has 25 heavy (non-hydrogen) atoms. The molecular weight excluding hydrogens is 310 g/mol. The highest BCUT2D eigenvalue weighted by atomic mass is 16.4. The molecule has 0 aliphatic heterocycles. The Bertz CT molecular complexity index is 928. The Morgan fingerprint density at radius 1 is 0.960 bits per heavy atom. The number of hydrogen-bond acceptors (Lipinski definition) is 4. The molecule has 0 aliphatic rings. The van der Waals surface area contributed by atoms with E-state index in [2.05, 4.69) is 46.5 Å². The second-order valence-electron chi connectivity index (χ2n) is 6.13. The SMILES string of the molecule is Cc1ccc(CC(Nc2nc3ccccc3o2)c2ccccn2)cc1. The van der Waals surface area contributed by atoms with E-state index < -0.39 is 0 Å². The van der Waals surface area contributed by atoms with Crippen molar-refractivity contribution in [1.29, 1.82) is 0 Å². The van der Waals surface area contributed by atoms with Crippen molar-refractivity contribution in [2.75, 3.05) is 5.32 Å². The maximum atomic E-state index is 5.83. The molecule has 1 N–H and O–H groups in total. The van der Waals surface area contributed by atoms with Crippen molar-refractivity contribution in [3.63, 3.8) is 0 Å². The smallest absolute Gasteiger partial charge is 0.296 e. The van der Waals surface area contributed by atoms with Gasteiger partial charge in [0.15, 0.2) is 5.58 Å². The molecule has 2 aromatic carbocycles. The van der Waals surface area contributed by atoms with E-state index in [9.17, 15) is 0 Å². The largest absolute Gasteiger partial charge is 0.424 e. The Hall–Kier alpha value is -3.14. The Labute approximate surface area is 146 Å². The predicted molar refractivity (Wildman–Crippen MR) is 99.5 cm³/mol. The summed E-state index contributed by atoms with van der Waals surface area (Å²) in [4.78, 5) is 9.04. The predicted octanol–water partition coefficient (Wildman–Crippen LogP) is 4.93. The number of aryl methyl sites for hydroxylation is 1. The molecule has 124 valence electrons. The van der Waals surface area contributed by atoms with Gasteiger partial charge in [-0.15, -0.1) is 0 Å². The molecule has 4 heteroatoms. The standard InChI is InChI=1S/C21H19N3O/c1-15-9-11-16(12-10-15)14-19(17-6-4-5-13-22-17)24-21-23-18-7-2-3-8-20(18)25-21/h2-13,19H,14H2,1H3,(H,23,24). The number of fused-ring (bicyclic) bond motifs is 1. The van der Waals surface area contributed by atoms with E-state index in [1.54, 1.807) is 0 Å². The van der Waals surface area contributed by atoms with Gasteiger partial charge in [-0.3, -0.25) is 4.98 Å². The van der Waals surface area contributed by atoms with Crippen molar-refractivity contribution in [2.24, 2.45) is 0 Å². The maximum Gasteiger partial charge on any atom is 0.296 e. The molecule has 2 heterocycles. The van der Waals surface area contributed by atoms with Gasteiger partial charge in [-0.05, 0) is 43.2 Å². The van der Waals surface area contributed by atoms with Gasteiger partial charge in [-0.25, -0.2) is 0 Å². The topological polar surface area (TPSA) is 51.0 Å². The van der Waals surface area contributed by atoms with Crippen LogP contribution in [0.3, 0.4) is 0 Å². The van der Waals surface area contributed by atoms with E-state index in [4.69, 9.17) is 4.42 Å². The first-order valence-electron chi connectivity index (χ1n) is 8.36. The average molecular weight is 329 g/mol. The van der Waals surface area contributed by atoms with Crippen molar-refractivity contribution < 1.29 is 4.42 Å². The summed E-state index contributed by atoms with van der Waals surface area (Å²) in [5.41, 5.74) is 5.08. The van der Waals surface area contributed by atoms with Gasteiger partial charge in [0.2, 0.25) is 0 Å². The van der Waals surface area contributed by atoms with Crippen LogP contribution in [0, 0.1) is 6.92 Å². The zero-order valence-corrected chi connectivity index (χ0v) is 14.0. The normalized spacial score (nSPS) is 12.2. The average Bonchev–Trinajstić information content (AvgIpc) is 3.06. The second-order valence-corrected chi connectivity index (χ2v) is 6.13. The lowest BCUT2D eigenvalue weighted by molar-refractivity contribution is 0.592. The number of benzene rings is 2. The molecule has 4 aromatic rings. The fraction of sp³-hybridized carbons (Fsp3) is 0.143. The molecule has 0 radical (unpaired) electrons. The van der Waals surface area contributed by atoms with Crippen molar-refractivity contribution in [3.05, 3.63) is 89.7 Å². The Morgan fingerprint density at radius 2 is 1.76 bits per heavy atom. The lowest BCUT2D eigenvalue weighted by Crippen LogP contribution is -2.15. The van der Waals surface area contributed by atoms with Crippen molar-refractivity contribution in [1.82, 2.24) is 9.97 Å². The van der Waals surface area contributed by atoms with Crippen molar-refractivity contribution in [3.8, 4) is 0 Å². The quantitative estimate of drug-likeness (QED) is 0.564. The maximum absolute atomic E-state index is 5.83. The first-order chi connectivity index (χ1) is 12.3. The number of nitrogens with zero attached hydrogens (tertiary/aromatic N) is 2. The summed E-state index contributed by atoms with van der Waals surface area (Å²) in [6, 6.07) is 22.8. The molecular formula is C21H19N3O. The molecule has 4 nitrogen and oxygen atoms in total. The van der Waals surface area contributed by atoms with Gasteiger partial charge in [-0.1, -0.05) is 48.0 Å². The Balaban J connectivity index is 1.63. The van der Waals surface area contributed by atoms with Crippen LogP contribution in [0.25, 0.3) is 11.1 Å². The number of para-hydroxylation sites is 2. The minimum Gasteiger partial charge on any atom is -0.424 e. The molecule has 1 atom stereocenters. The first-order valence-corrected chi connectivity index (χ1v) is 8.36. The molecule has 4 rings (SSSR count). The summed E-state index contributed by atoms with van der Waals surface area (Å²) in [5.74, 6) is 0. The number of aromatic nitrogens is 2. The molecule has 1 unspecified atom stereocenters. The summed E-state index contributed by atoms with van der Waals surface area (Å²) in [7, 11) is 0. The molecule has 0 amide bonds. The van der Waals surface area contributed by atoms with Gasteiger partial charge in [-0.2, -0.15) is 4.98 Å². The fourth-order valence-electron chi connectivity index (χ4n) is 2.85. The van der Waals surface area contributed by atoms with E-state index in [-0.39, 0.29) is 6.04 Å². The van der Waals surface area contributed by atoms with Gasteiger partial charge < -0.3 is 9.73 Å². The summed E-state index contributed by atoms with van der Waals surface area (Å²) < 4.78 is 5.83. The molecule has 0 aliphatic carbocycles. The third-order valence-corrected chi connectivity index (χ3v) is 4.20. The fourth-order valence-corrected chi connectivity index (χ4v) is 2.85. The highest BCUT2D eigenvalue weighted by Crippen LogP contribution is 2.25. The summed E-state index contributed by atoms with van der Waals surface area (Å²) >= 11 is 0. The highest BCUT2D eigenvalue weighted by molar-refractivity contribution is 5.74. The number of hydrogen-bond donors (Lipinski definition) is 1.